The van der Waals surface area contributed by atoms with Crippen molar-refractivity contribution in [2.45, 2.75) is 25.4 Å². The van der Waals surface area contributed by atoms with Crippen LogP contribution in [0.2, 0.25) is 0 Å². The van der Waals surface area contributed by atoms with Gasteiger partial charge in [-0.05, 0) is 37.0 Å². The van der Waals surface area contributed by atoms with Crippen molar-refractivity contribution in [1.29, 1.82) is 0 Å². The maximum Gasteiger partial charge on any atom is 0.253 e. The van der Waals surface area contributed by atoms with Crippen LogP contribution in [0.1, 0.15) is 23.2 Å². The lowest BCUT2D eigenvalue weighted by Crippen LogP contribution is -2.45. The minimum Gasteiger partial charge on any atom is -0.395 e. The van der Waals surface area contributed by atoms with E-state index >= 15 is 0 Å². The quantitative estimate of drug-likeness (QED) is 0.825. The average molecular weight is 372 g/mol. The molecule has 0 saturated carbocycles. The topological polar surface area (TPSA) is 70.8 Å². The molecule has 3 aliphatic rings. The van der Waals surface area contributed by atoms with Gasteiger partial charge in [0.1, 0.15) is 0 Å². The number of imidazole rings is 1. The highest BCUT2D eigenvalue weighted by Crippen LogP contribution is 2.29. The largest absolute Gasteiger partial charge is 0.395 e. The summed E-state index contributed by atoms with van der Waals surface area (Å²) in [6, 6.07) is 6.12. The van der Waals surface area contributed by atoms with E-state index in [4.69, 9.17) is 9.84 Å². The van der Waals surface area contributed by atoms with Crippen molar-refractivity contribution >= 4 is 16.9 Å². The van der Waals surface area contributed by atoms with Crippen LogP contribution >= 0.6 is 0 Å². The molecule has 0 spiro atoms. The summed E-state index contributed by atoms with van der Waals surface area (Å²) in [6.45, 7) is 4.94. The molecule has 27 heavy (non-hydrogen) atoms. The Morgan fingerprint density at radius 3 is 2.96 bits per heavy atom. The minimum atomic E-state index is 0.0717. The van der Waals surface area contributed by atoms with Gasteiger partial charge in [0.2, 0.25) is 0 Å². The van der Waals surface area contributed by atoms with Crippen molar-refractivity contribution in [1.82, 2.24) is 19.4 Å². The Bertz CT molecular complexity index is 806. The molecule has 0 radical (unpaired) electrons. The number of methoxy groups -OCH3 is 1. The molecule has 2 bridgehead atoms. The van der Waals surface area contributed by atoms with Crippen LogP contribution in [0, 0.1) is 5.92 Å². The van der Waals surface area contributed by atoms with Crippen LogP contribution in [0.5, 0.6) is 0 Å². The van der Waals surface area contributed by atoms with Gasteiger partial charge in [-0.3, -0.25) is 9.69 Å². The van der Waals surface area contributed by atoms with E-state index in [2.05, 4.69) is 9.88 Å². The molecule has 4 heterocycles. The first-order valence-electron chi connectivity index (χ1n) is 9.77. The van der Waals surface area contributed by atoms with Crippen molar-refractivity contribution in [3.8, 4) is 0 Å². The van der Waals surface area contributed by atoms with Crippen LogP contribution in [-0.4, -0.2) is 82.9 Å². The summed E-state index contributed by atoms with van der Waals surface area (Å²) in [5.74, 6) is 0.635. The highest BCUT2D eigenvalue weighted by atomic mass is 16.5. The Hall–Kier alpha value is -1.96. The summed E-state index contributed by atoms with van der Waals surface area (Å²) in [5, 5.41) is 9.15. The van der Waals surface area contributed by atoms with Crippen molar-refractivity contribution in [3.63, 3.8) is 0 Å². The summed E-state index contributed by atoms with van der Waals surface area (Å²) in [5.41, 5.74) is 2.44. The third-order valence-electron chi connectivity index (χ3n) is 5.91. The molecule has 0 aliphatic carbocycles. The molecule has 1 aromatic heterocycles. The third kappa shape index (κ3) is 3.72. The van der Waals surface area contributed by atoms with Crippen LogP contribution in [0.4, 0.5) is 0 Å². The summed E-state index contributed by atoms with van der Waals surface area (Å²) >= 11 is 0. The second kappa shape index (κ2) is 7.96. The number of carbonyl (C=O) groups excluding carboxylic acids is 1. The van der Waals surface area contributed by atoms with Crippen LogP contribution in [0.15, 0.2) is 24.5 Å². The third-order valence-corrected chi connectivity index (χ3v) is 5.91. The summed E-state index contributed by atoms with van der Waals surface area (Å²) in [7, 11) is 1.74. The zero-order chi connectivity index (χ0) is 18.8. The number of piperidine rings is 1. The predicted octanol–water partition coefficient (Wildman–Crippen LogP) is 1.21. The summed E-state index contributed by atoms with van der Waals surface area (Å²) < 4.78 is 7.16. The number of aliphatic hydroxyl groups excluding tert-OH is 1. The lowest BCUT2D eigenvalue weighted by atomic mass is 9.95. The van der Waals surface area contributed by atoms with Gasteiger partial charge in [0.05, 0.1) is 30.6 Å². The molecule has 2 atom stereocenters. The van der Waals surface area contributed by atoms with Crippen LogP contribution in [-0.2, 0) is 11.3 Å². The molecule has 1 amide bonds. The van der Waals surface area contributed by atoms with Gasteiger partial charge in [0, 0.05) is 51.4 Å². The number of aromatic nitrogens is 2. The number of ether oxygens (including phenoxy) is 1. The molecule has 146 valence electrons. The van der Waals surface area contributed by atoms with Crippen LogP contribution < -0.4 is 0 Å². The molecule has 1 aromatic carbocycles. The van der Waals surface area contributed by atoms with E-state index in [-0.39, 0.29) is 12.5 Å². The van der Waals surface area contributed by atoms with Crippen molar-refractivity contribution in [3.05, 3.63) is 30.1 Å². The zero-order valence-electron chi connectivity index (χ0n) is 15.9. The number of nitrogens with zero attached hydrogens (tertiary/aromatic N) is 4. The van der Waals surface area contributed by atoms with Gasteiger partial charge < -0.3 is 19.3 Å². The van der Waals surface area contributed by atoms with E-state index in [1.807, 2.05) is 27.7 Å². The highest BCUT2D eigenvalue weighted by molar-refractivity contribution is 5.97. The fraction of sp³-hybridized carbons (Fsp3) is 0.600. The smallest absolute Gasteiger partial charge is 0.253 e. The molecular weight excluding hydrogens is 344 g/mol. The number of amides is 1. The molecule has 7 nitrogen and oxygen atoms in total. The molecule has 1 N–H and O–H groups in total. The van der Waals surface area contributed by atoms with E-state index in [9.17, 15) is 4.79 Å². The van der Waals surface area contributed by atoms with Gasteiger partial charge in [-0.1, -0.05) is 0 Å². The second-order valence-electron chi connectivity index (χ2n) is 7.66. The van der Waals surface area contributed by atoms with E-state index < -0.39 is 0 Å². The molecule has 3 fully saturated rings. The van der Waals surface area contributed by atoms with Gasteiger partial charge in [-0.15, -0.1) is 0 Å². The Kier molecular flexibility index (Phi) is 5.43. The first-order chi connectivity index (χ1) is 13.2. The van der Waals surface area contributed by atoms with Gasteiger partial charge in [0.25, 0.3) is 5.91 Å². The number of hydrogen-bond donors (Lipinski definition) is 1. The van der Waals surface area contributed by atoms with Crippen molar-refractivity contribution < 1.29 is 14.6 Å². The number of hydrogen-bond acceptors (Lipinski definition) is 5. The van der Waals surface area contributed by atoms with E-state index in [0.717, 1.165) is 50.2 Å². The van der Waals surface area contributed by atoms with Gasteiger partial charge in [0.15, 0.2) is 0 Å². The first-order valence-corrected chi connectivity index (χ1v) is 9.77. The molecule has 0 unspecified atom stereocenters. The maximum absolute atomic E-state index is 13.2. The zero-order valence-corrected chi connectivity index (χ0v) is 15.9. The van der Waals surface area contributed by atoms with E-state index in [0.29, 0.717) is 24.1 Å². The number of benzene rings is 1. The Morgan fingerprint density at radius 2 is 2.15 bits per heavy atom. The van der Waals surface area contributed by atoms with Crippen molar-refractivity contribution in [2.24, 2.45) is 5.92 Å². The highest BCUT2D eigenvalue weighted by Gasteiger charge is 2.36. The standard InChI is InChI=1S/C20H28N4O3/c1-27-9-7-22-11-15-2-4-17(22)13-24(12-15)20(26)16-3-5-19-18(10-16)21-14-23(19)6-8-25/h3,5,10,14-15,17,25H,2,4,6-9,11-13H2,1H3/t15-,17-/m1/s1. The number of rotatable bonds is 6. The predicted molar refractivity (Wildman–Crippen MR) is 103 cm³/mol. The normalized spacial score (nSPS) is 23.1. The number of aliphatic hydroxyl groups is 1. The van der Waals surface area contributed by atoms with Crippen LogP contribution in [0.3, 0.4) is 0 Å². The second-order valence-corrected chi connectivity index (χ2v) is 7.66. The van der Waals surface area contributed by atoms with Gasteiger partial charge in [-0.25, -0.2) is 4.98 Å². The average Bonchev–Trinajstić information content (AvgIpc) is 2.87. The lowest BCUT2D eigenvalue weighted by Gasteiger charge is -2.35. The molecule has 5 rings (SSSR count). The van der Waals surface area contributed by atoms with E-state index in [1.165, 1.54) is 6.42 Å². The molecule has 2 aromatic rings. The van der Waals surface area contributed by atoms with Gasteiger partial charge in [-0.2, -0.15) is 0 Å². The monoisotopic (exact) mass is 372 g/mol. The fourth-order valence-electron chi connectivity index (χ4n) is 4.49. The maximum atomic E-state index is 13.2. The van der Waals surface area contributed by atoms with Gasteiger partial charge >= 0.3 is 0 Å². The van der Waals surface area contributed by atoms with Crippen molar-refractivity contribution in [2.75, 3.05) is 46.5 Å². The van der Waals surface area contributed by atoms with E-state index in [1.54, 1.807) is 13.4 Å². The number of fused-ring (bicyclic) bond motifs is 5. The molecule has 3 saturated heterocycles. The Balaban J connectivity index is 1.51. The lowest BCUT2D eigenvalue weighted by molar-refractivity contribution is 0.0718. The SMILES string of the molecule is COCCN1C[C@H]2CC[C@@H]1CN(C(=O)c1ccc3c(c1)ncn3CCO)C2. The fourth-order valence-corrected chi connectivity index (χ4v) is 4.49. The molecular formula is C20H28N4O3. The minimum absolute atomic E-state index is 0.0717. The summed E-state index contributed by atoms with van der Waals surface area (Å²) in [4.78, 5) is 22.1. The number of carbonyl (C=O) groups is 1. The Labute approximate surface area is 159 Å². The van der Waals surface area contributed by atoms with Crippen LogP contribution in [0.25, 0.3) is 11.0 Å². The Morgan fingerprint density at radius 1 is 1.26 bits per heavy atom. The molecule has 3 aliphatic heterocycles. The molecule has 7 heteroatoms. The first kappa shape index (κ1) is 18.4. The summed E-state index contributed by atoms with van der Waals surface area (Å²) in [6.07, 6.45) is 4.07.